The van der Waals surface area contributed by atoms with E-state index in [1.54, 1.807) is 18.5 Å². The van der Waals surface area contributed by atoms with E-state index in [4.69, 9.17) is 5.11 Å². The molecule has 0 spiro atoms. The molecule has 0 saturated heterocycles. The summed E-state index contributed by atoms with van der Waals surface area (Å²) in [5.74, 6) is -0.347. The molecule has 2 aromatic heterocycles. The summed E-state index contributed by atoms with van der Waals surface area (Å²) < 4.78 is 4.99. The zero-order valence-corrected chi connectivity index (χ0v) is 7.91. The SMILES string of the molecule is O=C(O)CNc1cc2sncc2cn1. The van der Waals surface area contributed by atoms with Crippen molar-refractivity contribution in [1.29, 1.82) is 0 Å². The molecule has 2 rings (SSSR count). The van der Waals surface area contributed by atoms with Crippen molar-refractivity contribution in [2.24, 2.45) is 0 Å². The summed E-state index contributed by atoms with van der Waals surface area (Å²) in [6, 6.07) is 1.79. The molecule has 14 heavy (non-hydrogen) atoms. The third-order valence-corrected chi connectivity index (χ3v) is 2.42. The first-order valence-corrected chi connectivity index (χ1v) is 4.69. The molecular formula is C8H7N3O2S. The zero-order chi connectivity index (χ0) is 9.97. The highest BCUT2D eigenvalue weighted by Crippen LogP contribution is 2.19. The van der Waals surface area contributed by atoms with Crippen LogP contribution in [0.3, 0.4) is 0 Å². The van der Waals surface area contributed by atoms with Crippen LogP contribution in [0, 0.1) is 0 Å². The lowest BCUT2D eigenvalue weighted by atomic mass is 10.3. The molecule has 2 heterocycles. The number of anilines is 1. The molecule has 0 bridgehead atoms. The van der Waals surface area contributed by atoms with E-state index in [1.807, 2.05) is 0 Å². The molecule has 5 nitrogen and oxygen atoms in total. The van der Waals surface area contributed by atoms with E-state index in [-0.39, 0.29) is 6.54 Å². The molecule has 0 atom stereocenters. The number of nitrogens with one attached hydrogen (secondary N) is 1. The fraction of sp³-hybridized carbons (Fsp3) is 0.125. The van der Waals surface area contributed by atoms with Crippen LogP contribution in [0.5, 0.6) is 0 Å². The lowest BCUT2D eigenvalue weighted by molar-refractivity contribution is -0.134. The molecule has 0 saturated carbocycles. The van der Waals surface area contributed by atoms with E-state index in [2.05, 4.69) is 14.7 Å². The third kappa shape index (κ3) is 1.80. The Hall–Kier alpha value is -1.69. The van der Waals surface area contributed by atoms with Gasteiger partial charge in [0.05, 0.1) is 10.9 Å². The number of hydrogen-bond acceptors (Lipinski definition) is 5. The first-order chi connectivity index (χ1) is 6.75. The summed E-state index contributed by atoms with van der Waals surface area (Å²) in [7, 11) is 0. The molecule has 0 aliphatic carbocycles. The molecule has 0 aliphatic rings. The Bertz CT molecular complexity index is 468. The van der Waals surface area contributed by atoms with Crippen LogP contribution in [0.15, 0.2) is 18.5 Å². The van der Waals surface area contributed by atoms with Crippen molar-refractivity contribution >= 4 is 33.4 Å². The van der Waals surface area contributed by atoms with Crippen LogP contribution in [0.25, 0.3) is 10.1 Å². The largest absolute Gasteiger partial charge is 0.480 e. The molecule has 0 aliphatic heterocycles. The van der Waals surface area contributed by atoms with Crippen LogP contribution in [0.4, 0.5) is 5.82 Å². The van der Waals surface area contributed by atoms with E-state index in [0.29, 0.717) is 5.82 Å². The topological polar surface area (TPSA) is 75.1 Å². The summed E-state index contributed by atoms with van der Waals surface area (Å²) in [6.45, 7) is -0.128. The minimum absolute atomic E-state index is 0.128. The molecule has 0 radical (unpaired) electrons. The number of rotatable bonds is 3. The number of pyridine rings is 1. The second kappa shape index (κ2) is 3.59. The van der Waals surface area contributed by atoms with Gasteiger partial charge in [0.15, 0.2) is 0 Å². The van der Waals surface area contributed by atoms with Crippen LogP contribution in [0.2, 0.25) is 0 Å². The van der Waals surface area contributed by atoms with Gasteiger partial charge < -0.3 is 10.4 Å². The van der Waals surface area contributed by atoms with Gasteiger partial charge in [-0.05, 0) is 17.6 Å². The van der Waals surface area contributed by atoms with Gasteiger partial charge in [-0.3, -0.25) is 4.79 Å². The maximum atomic E-state index is 10.3. The summed E-state index contributed by atoms with van der Waals surface area (Å²) in [4.78, 5) is 14.3. The van der Waals surface area contributed by atoms with Gasteiger partial charge in [-0.2, -0.15) is 4.37 Å². The van der Waals surface area contributed by atoms with E-state index in [1.165, 1.54) is 11.5 Å². The maximum Gasteiger partial charge on any atom is 0.322 e. The quantitative estimate of drug-likeness (QED) is 0.794. The minimum atomic E-state index is -0.906. The number of carbonyl (C=O) groups is 1. The first kappa shape index (κ1) is 8.89. The van der Waals surface area contributed by atoms with Crippen molar-refractivity contribution in [3.63, 3.8) is 0 Å². The fourth-order valence-corrected chi connectivity index (χ4v) is 1.68. The normalized spacial score (nSPS) is 10.3. The Kier molecular flexibility index (Phi) is 2.28. The highest BCUT2D eigenvalue weighted by atomic mass is 32.1. The van der Waals surface area contributed by atoms with Crippen LogP contribution in [-0.2, 0) is 4.79 Å². The van der Waals surface area contributed by atoms with Gasteiger partial charge in [-0.15, -0.1) is 0 Å². The van der Waals surface area contributed by atoms with E-state index in [0.717, 1.165) is 10.1 Å². The van der Waals surface area contributed by atoms with Crippen molar-refractivity contribution in [3.05, 3.63) is 18.5 Å². The average Bonchev–Trinajstić information content (AvgIpc) is 2.61. The second-order valence-electron chi connectivity index (χ2n) is 2.68. The molecule has 0 amide bonds. The Morgan fingerprint density at radius 1 is 1.57 bits per heavy atom. The Morgan fingerprint density at radius 2 is 2.43 bits per heavy atom. The van der Waals surface area contributed by atoms with Crippen LogP contribution >= 0.6 is 11.5 Å². The maximum absolute atomic E-state index is 10.3. The summed E-state index contributed by atoms with van der Waals surface area (Å²) >= 11 is 1.36. The van der Waals surface area contributed by atoms with Crippen molar-refractivity contribution in [1.82, 2.24) is 9.36 Å². The second-order valence-corrected chi connectivity index (χ2v) is 3.51. The molecule has 2 N–H and O–H groups in total. The predicted molar refractivity (Wildman–Crippen MR) is 53.5 cm³/mol. The highest BCUT2D eigenvalue weighted by Gasteiger charge is 2.01. The minimum Gasteiger partial charge on any atom is -0.480 e. The van der Waals surface area contributed by atoms with Gasteiger partial charge in [0.2, 0.25) is 0 Å². The Morgan fingerprint density at radius 3 is 3.21 bits per heavy atom. The number of carboxylic acids is 1. The molecule has 0 unspecified atom stereocenters. The monoisotopic (exact) mass is 209 g/mol. The molecule has 0 fully saturated rings. The zero-order valence-electron chi connectivity index (χ0n) is 7.10. The van der Waals surface area contributed by atoms with Gasteiger partial charge in [-0.1, -0.05) is 0 Å². The van der Waals surface area contributed by atoms with E-state index >= 15 is 0 Å². The Balaban J connectivity index is 2.21. The summed E-state index contributed by atoms with van der Waals surface area (Å²) in [5.41, 5.74) is 0. The Labute approximate surface area is 83.6 Å². The molecule has 6 heteroatoms. The van der Waals surface area contributed by atoms with Crippen molar-refractivity contribution in [3.8, 4) is 0 Å². The van der Waals surface area contributed by atoms with Crippen molar-refractivity contribution in [2.75, 3.05) is 11.9 Å². The molecule has 2 aromatic rings. The number of aromatic nitrogens is 2. The van der Waals surface area contributed by atoms with E-state index in [9.17, 15) is 4.79 Å². The van der Waals surface area contributed by atoms with Crippen molar-refractivity contribution < 1.29 is 9.90 Å². The van der Waals surface area contributed by atoms with Gasteiger partial charge in [0.1, 0.15) is 12.4 Å². The number of hydrogen-bond donors (Lipinski definition) is 2. The van der Waals surface area contributed by atoms with Gasteiger partial charge in [0.25, 0.3) is 0 Å². The molecular weight excluding hydrogens is 202 g/mol. The van der Waals surface area contributed by atoms with Gasteiger partial charge in [-0.25, -0.2) is 4.98 Å². The average molecular weight is 209 g/mol. The van der Waals surface area contributed by atoms with Gasteiger partial charge in [0, 0.05) is 11.6 Å². The predicted octanol–water partition coefficient (Wildman–Crippen LogP) is 1.19. The summed E-state index contributed by atoms with van der Waals surface area (Å²) in [5, 5.41) is 12.1. The third-order valence-electron chi connectivity index (χ3n) is 1.66. The first-order valence-electron chi connectivity index (χ1n) is 3.92. The smallest absolute Gasteiger partial charge is 0.322 e. The number of fused-ring (bicyclic) bond motifs is 1. The highest BCUT2D eigenvalue weighted by molar-refractivity contribution is 7.13. The lowest BCUT2D eigenvalue weighted by Gasteiger charge is -2.00. The molecule has 72 valence electrons. The standard InChI is InChI=1S/C8H7N3O2S/c12-8(13)4-10-7-1-6-5(2-9-7)3-11-14-6/h1-3H,4H2,(H,9,10)(H,12,13). The number of carboxylic acid groups (broad SMARTS) is 1. The van der Waals surface area contributed by atoms with E-state index < -0.39 is 5.97 Å². The summed E-state index contributed by atoms with van der Waals surface area (Å²) in [6.07, 6.45) is 3.40. The number of nitrogens with zero attached hydrogens (tertiary/aromatic N) is 2. The van der Waals surface area contributed by atoms with Crippen molar-refractivity contribution in [2.45, 2.75) is 0 Å². The number of aliphatic carboxylic acids is 1. The van der Waals surface area contributed by atoms with Gasteiger partial charge >= 0.3 is 5.97 Å². The van der Waals surface area contributed by atoms with Crippen LogP contribution in [-0.4, -0.2) is 27.0 Å². The molecule has 0 aromatic carbocycles. The van der Waals surface area contributed by atoms with Crippen LogP contribution in [0.1, 0.15) is 0 Å². The van der Waals surface area contributed by atoms with Crippen LogP contribution < -0.4 is 5.32 Å². The lowest BCUT2D eigenvalue weighted by Crippen LogP contribution is -2.12. The fourth-order valence-electron chi connectivity index (χ4n) is 1.03.